The van der Waals surface area contributed by atoms with Crippen LogP contribution in [0.2, 0.25) is 10.0 Å². The predicted molar refractivity (Wildman–Crippen MR) is 114 cm³/mol. The second kappa shape index (κ2) is 12.2. The van der Waals surface area contributed by atoms with Crippen LogP contribution < -0.4 is 0 Å². The van der Waals surface area contributed by atoms with Crippen LogP contribution in [-0.4, -0.2) is 25.1 Å². The first-order chi connectivity index (χ1) is 13.5. The minimum atomic E-state index is -1.50. The van der Waals surface area contributed by atoms with E-state index in [2.05, 4.69) is 27.4 Å². The van der Waals surface area contributed by atoms with Crippen molar-refractivity contribution in [2.24, 2.45) is 0 Å². The first kappa shape index (κ1) is 22.8. The third kappa shape index (κ3) is 8.29. The Kier molecular flexibility index (Phi) is 9.95. The van der Waals surface area contributed by atoms with Crippen molar-refractivity contribution in [3.05, 3.63) is 62.6 Å². The maximum Gasteiger partial charge on any atom is 0.291 e. The minimum Gasteiger partial charge on any atom is -0.337 e. The number of hydrogen-bond donors (Lipinski definition) is 1. The number of thioether (sulfide) groups is 1. The Bertz CT molecular complexity index is 721. The number of imidazole rings is 1. The van der Waals surface area contributed by atoms with E-state index in [1.165, 1.54) is 37.7 Å². The SMILES string of the molecule is Clc1ccc(C(CCCn2ccnc2)SC2CCCCC2)c(Cl)c1.O=[N+]([O-])O. The summed E-state index contributed by atoms with van der Waals surface area (Å²) < 4.78 is 2.14. The molecule has 0 saturated heterocycles. The van der Waals surface area contributed by atoms with Crippen molar-refractivity contribution >= 4 is 35.0 Å². The fraction of sp³-hybridized carbons (Fsp3) is 0.526. The van der Waals surface area contributed by atoms with Crippen LogP contribution in [0.3, 0.4) is 0 Å². The smallest absolute Gasteiger partial charge is 0.291 e. The van der Waals surface area contributed by atoms with Gasteiger partial charge in [0.25, 0.3) is 5.09 Å². The summed E-state index contributed by atoms with van der Waals surface area (Å²) in [5.41, 5.74) is 1.24. The molecule has 0 radical (unpaired) electrons. The number of aromatic nitrogens is 2. The number of aryl methyl sites for hydroxylation is 1. The molecule has 1 aliphatic carbocycles. The highest BCUT2D eigenvalue weighted by Crippen LogP contribution is 2.43. The standard InChI is InChI=1S/C19H24Cl2N2S.HNO3/c20-15-8-9-17(18(21)13-15)19(24-16-5-2-1-3-6-16)7-4-11-23-12-10-22-14-23;2-1(3)4/h8-10,12-14,16,19H,1-7,11H2;(H,2,3,4). The third-order valence-corrected chi connectivity index (χ3v) is 6.90. The number of benzene rings is 1. The molecule has 6 nitrogen and oxygen atoms in total. The second-order valence-corrected chi connectivity index (χ2v) is 9.08. The van der Waals surface area contributed by atoms with Gasteiger partial charge >= 0.3 is 0 Å². The zero-order valence-electron chi connectivity index (χ0n) is 15.5. The van der Waals surface area contributed by atoms with Crippen molar-refractivity contribution in [2.75, 3.05) is 0 Å². The molecule has 3 rings (SSSR count). The molecule has 9 heteroatoms. The molecule has 1 atom stereocenters. The largest absolute Gasteiger partial charge is 0.337 e. The third-order valence-electron chi connectivity index (χ3n) is 4.66. The first-order valence-electron chi connectivity index (χ1n) is 9.35. The molecular formula is C19H25Cl2N3O3S. The van der Waals surface area contributed by atoms with E-state index in [0.717, 1.165) is 29.7 Å². The van der Waals surface area contributed by atoms with Gasteiger partial charge in [0, 0.05) is 39.5 Å². The summed E-state index contributed by atoms with van der Waals surface area (Å²) in [7, 11) is 0. The van der Waals surface area contributed by atoms with E-state index in [-0.39, 0.29) is 0 Å². The molecule has 0 bridgehead atoms. The van der Waals surface area contributed by atoms with Crippen LogP contribution >= 0.6 is 35.0 Å². The highest BCUT2D eigenvalue weighted by atomic mass is 35.5. The van der Waals surface area contributed by atoms with E-state index in [0.29, 0.717) is 10.3 Å². The fourth-order valence-corrected chi connectivity index (χ4v) is 5.70. The molecule has 1 unspecified atom stereocenters. The molecule has 0 aliphatic heterocycles. The molecule has 1 heterocycles. The van der Waals surface area contributed by atoms with Gasteiger partial charge in [-0.25, -0.2) is 4.98 Å². The van der Waals surface area contributed by atoms with Gasteiger partial charge in [-0.3, -0.25) is 0 Å². The molecule has 0 amide bonds. The van der Waals surface area contributed by atoms with Gasteiger partial charge in [-0.15, -0.1) is 10.1 Å². The van der Waals surface area contributed by atoms with Crippen molar-refractivity contribution in [1.29, 1.82) is 0 Å². The molecule has 2 aromatic rings. The summed E-state index contributed by atoms with van der Waals surface area (Å²) in [6, 6.07) is 5.96. The highest BCUT2D eigenvalue weighted by molar-refractivity contribution is 8.00. The molecular weight excluding hydrogens is 421 g/mol. The van der Waals surface area contributed by atoms with Crippen LogP contribution in [-0.2, 0) is 6.54 Å². The Morgan fingerprint density at radius 3 is 2.64 bits per heavy atom. The van der Waals surface area contributed by atoms with Gasteiger partial charge in [0.05, 0.1) is 6.33 Å². The average Bonchev–Trinajstić information content (AvgIpc) is 3.15. The lowest BCUT2D eigenvalue weighted by atomic mass is 10.0. The summed E-state index contributed by atoms with van der Waals surface area (Å²) in [6.45, 7) is 1.01. The molecule has 1 N–H and O–H groups in total. The van der Waals surface area contributed by atoms with Crippen LogP contribution in [0.5, 0.6) is 0 Å². The Morgan fingerprint density at radius 2 is 2.04 bits per heavy atom. The van der Waals surface area contributed by atoms with Crippen molar-refractivity contribution < 1.29 is 10.3 Å². The van der Waals surface area contributed by atoms with Gasteiger partial charge in [-0.2, -0.15) is 11.8 Å². The number of halogens is 2. The maximum absolute atomic E-state index is 8.36. The Hall–Kier alpha value is -1.44. The van der Waals surface area contributed by atoms with E-state index in [9.17, 15) is 0 Å². The van der Waals surface area contributed by atoms with E-state index in [4.69, 9.17) is 38.5 Å². The molecule has 154 valence electrons. The zero-order chi connectivity index (χ0) is 20.4. The zero-order valence-corrected chi connectivity index (χ0v) is 17.9. The number of nitrogens with zero attached hydrogens (tertiary/aromatic N) is 3. The number of rotatable bonds is 7. The van der Waals surface area contributed by atoms with Crippen LogP contribution in [0.25, 0.3) is 0 Å². The minimum absolute atomic E-state index is 0.446. The van der Waals surface area contributed by atoms with Gasteiger partial charge in [-0.1, -0.05) is 48.5 Å². The average molecular weight is 446 g/mol. The second-order valence-electron chi connectivity index (χ2n) is 6.73. The van der Waals surface area contributed by atoms with Crippen LogP contribution in [0.1, 0.15) is 55.8 Å². The van der Waals surface area contributed by atoms with Gasteiger partial charge in [0.2, 0.25) is 0 Å². The Labute approximate surface area is 179 Å². The van der Waals surface area contributed by atoms with Crippen molar-refractivity contribution in [2.45, 2.75) is 62.0 Å². The maximum atomic E-state index is 8.36. The van der Waals surface area contributed by atoms with Crippen molar-refractivity contribution in [3.8, 4) is 0 Å². The van der Waals surface area contributed by atoms with E-state index >= 15 is 0 Å². The predicted octanol–water partition coefficient (Wildman–Crippen LogP) is 6.43. The van der Waals surface area contributed by atoms with Gasteiger partial charge in [0.15, 0.2) is 0 Å². The molecule has 1 aliphatic rings. The summed E-state index contributed by atoms with van der Waals surface area (Å²) in [5, 5.41) is 16.4. The summed E-state index contributed by atoms with van der Waals surface area (Å²) in [4.78, 5) is 12.5. The monoisotopic (exact) mass is 445 g/mol. The fourth-order valence-electron chi connectivity index (χ4n) is 3.37. The molecule has 1 fully saturated rings. The lowest BCUT2D eigenvalue weighted by Crippen LogP contribution is -2.11. The van der Waals surface area contributed by atoms with Gasteiger partial charge in [-0.05, 0) is 43.4 Å². The van der Waals surface area contributed by atoms with Gasteiger partial charge in [0.1, 0.15) is 0 Å². The lowest BCUT2D eigenvalue weighted by molar-refractivity contribution is -0.742. The normalized spacial score (nSPS) is 15.5. The molecule has 0 spiro atoms. The topological polar surface area (TPSA) is 81.2 Å². The highest BCUT2D eigenvalue weighted by Gasteiger charge is 2.22. The summed E-state index contributed by atoms with van der Waals surface area (Å²) >= 11 is 14.7. The van der Waals surface area contributed by atoms with Crippen LogP contribution in [0, 0.1) is 10.1 Å². The van der Waals surface area contributed by atoms with E-state index < -0.39 is 5.09 Å². The Balaban J connectivity index is 0.000000640. The van der Waals surface area contributed by atoms with Crippen LogP contribution in [0.15, 0.2) is 36.9 Å². The summed E-state index contributed by atoms with van der Waals surface area (Å²) in [5.74, 6) is 0. The van der Waals surface area contributed by atoms with Crippen molar-refractivity contribution in [3.63, 3.8) is 0 Å². The van der Waals surface area contributed by atoms with E-state index in [1.807, 2.05) is 30.9 Å². The number of hydrogen-bond acceptors (Lipinski definition) is 4. The molecule has 1 saturated carbocycles. The van der Waals surface area contributed by atoms with E-state index in [1.54, 1.807) is 0 Å². The molecule has 28 heavy (non-hydrogen) atoms. The molecule has 1 aromatic heterocycles. The molecule has 1 aromatic carbocycles. The lowest BCUT2D eigenvalue weighted by Gasteiger charge is -2.27. The van der Waals surface area contributed by atoms with Gasteiger partial charge < -0.3 is 9.77 Å². The van der Waals surface area contributed by atoms with Crippen molar-refractivity contribution in [1.82, 2.24) is 9.55 Å². The van der Waals surface area contributed by atoms with Crippen LogP contribution in [0.4, 0.5) is 0 Å². The first-order valence-corrected chi connectivity index (χ1v) is 11.0. The summed E-state index contributed by atoms with van der Waals surface area (Å²) in [6.07, 6.45) is 14.8. The Morgan fingerprint density at radius 1 is 1.32 bits per heavy atom. The quantitative estimate of drug-likeness (QED) is 0.392.